The monoisotopic (exact) mass is 274 g/mol. The van der Waals surface area contributed by atoms with Crippen molar-refractivity contribution in [2.24, 2.45) is 0 Å². The molecule has 1 aromatic heterocycles. The van der Waals surface area contributed by atoms with Gasteiger partial charge in [-0.15, -0.1) is 0 Å². The average molecular weight is 274 g/mol. The van der Waals surface area contributed by atoms with E-state index in [1.165, 1.54) is 32.4 Å². The van der Waals surface area contributed by atoms with Gasteiger partial charge in [0.2, 0.25) is 0 Å². The molecule has 1 aromatic carbocycles. The third-order valence-corrected chi connectivity index (χ3v) is 2.60. The van der Waals surface area contributed by atoms with Gasteiger partial charge in [-0.05, 0) is 6.07 Å². The van der Waals surface area contributed by atoms with Gasteiger partial charge in [-0.3, -0.25) is 0 Å². The number of aromatic nitrogens is 1. The minimum Gasteiger partial charge on any atom is -0.493 e. The Morgan fingerprint density at radius 3 is 2.60 bits per heavy atom. The highest BCUT2D eigenvalue weighted by atomic mass is 16.5. The summed E-state index contributed by atoms with van der Waals surface area (Å²) in [5, 5.41) is 21.3. The fraction of sp³-hybridized carbons (Fsp3) is 0.154. The Morgan fingerprint density at radius 2 is 2.10 bits per heavy atom. The number of carboxylic acids is 1. The quantitative estimate of drug-likeness (QED) is 0.907. The van der Waals surface area contributed by atoms with E-state index >= 15 is 0 Å². The molecule has 2 rings (SSSR count). The van der Waals surface area contributed by atoms with Crippen molar-refractivity contribution < 1.29 is 23.9 Å². The van der Waals surface area contributed by atoms with Crippen LogP contribution in [0, 0.1) is 11.3 Å². The van der Waals surface area contributed by atoms with E-state index in [0.717, 1.165) is 0 Å². The zero-order valence-electron chi connectivity index (χ0n) is 10.7. The molecular formula is C13H10N2O5. The molecule has 0 atom stereocenters. The van der Waals surface area contributed by atoms with Crippen molar-refractivity contribution in [3.63, 3.8) is 0 Å². The second-order valence-corrected chi connectivity index (χ2v) is 3.75. The minimum absolute atomic E-state index is 0.176. The fourth-order valence-corrected chi connectivity index (χ4v) is 1.71. The molecule has 2 aromatic rings. The predicted molar refractivity (Wildman–Crippen MR) is 66.7 cm³/mol. The number of hydrogen-bond donors (Lipinski definition) is 1. The van der Waals surface area contributed by atoms with Crippen LogP contribution in [0.15, 0.2) is 22.7 Å². The van der Waals surface area contributed by atoms with Crippen molar-refractivity contribution in [1.82, 2.24) is 5.16 Å². The predicted octanol–water partition coefficient (Wildman–Crippen LogP) is 1.93. The average Bonchev–Trinajstić information content (AvgIpc) is 2.95. The van der Waals surface area contributed by atoms with E-state index in [-0.39, 0.29) is 11.5 Å². The summed E-state index contributed by atoms with van der Waals surface area (Å²) in [6, 6.07) is 6.25. The first-order chi connectivity index (χ1) is 9.60. The summed E-state index contributed by atoms with van der Waals surface area (Å²) in [5.74, 6) is -0.355. The van der Waals surface area contributed by atoms with Gasteiger partial charge in [-0.25, -0.2) is 4.79 Å². The van der Waals surface area contributed by atoms with E-state index in [4.69, 9.17) is 24.4 Å². The summed E-state index contributed by atoms with van der Waals surface area (Å²) >= 11 is 0. The molecule has 0 radical (unpaired) electrons. The molecule has 20 heavy (non-hydrogen) atoms. The first kappa shape index (κ1) is 13.4. The standard InChI is InChI=1S/C13H10N2O5/c1-18-11-4-7(6-14)3-8(12(11)19-2)10-5-9(13(16)17)15-20-10/h3-5H,1-2H3,(H,16,17). The van der Waals surface area contributed by atoms with Gasteiger partial charge in [0, 0.05) is 12.1 Å². The van der Waals surface area contributed by atoms with Crippen LogP contribution in [-0.2, 0) is 0 Å². The number of aromatic carboxylic acids is 1. The Kier molecular flexibility index (Phi) is 3.57. The van der Waals surface area contributed by atoms with Crippen LogP contribution in [0.2, 0.25) is 0 Å². The van der Waals surface area contributed by atoms with Crippen LogP contribution in [0.3, 0.4) is 0 Å². The van der Waals surface area contributed by atoms with Crippen LogP contribution in [0.25, 0.3) is 11.3 Å². The SMILES string of the molecule is COc1cc(C#N)cc(-c2cc(C(=O)O)no2)c1OC. The molecule has 0 aliphatic rings. The van der Waals surface area contributed by atoms with Gasteiger partial charge >= 0.3 is 5.97 Å². The lowest BCUT2D eigenvalue weighted by molar-refractivity contribution is 0.0686. The molecule has 0 bridgehead atoms. The third-order valence-electron chi connectivity index (χ3n) is 2.60. The Labute approximate surface area is 113 Å². The lowest BCUT2D eigenvalue weighted by Gasteiger charge is -2.11. The minimum atomic E-state index is -1.21. The number of carbonyl (C=O) groups is 1. The molecule has 0 spiro atoms. The van der Waals surface area contributed by atoms with Crippen LogP contribution in [-0.4, -0.2) is 30.5 Å². The van der Waals surface area contributed by atoms with Crippen LogP contribution in [0.4, 0.5) is 0 Å². The number of benzene rings is 1. The molecule has 7 heteroatoms. The molecule has 1 N–H and O–H groups in total. The van der Waals surface area contributed by atoms with Gasteiger partial charge in [-0.2, -0.15) is 5.26 Å². The van der Waals surface area contributed by atoms with Crippen molar-refractivity contribution >= 4 is 5.97 Å². The summed E-state index contributed by atoms with van der Waals surface area (Å²) in [4.78, 5) is 10.8. The van der Waals surface area contributed by atoms with Gasteiger partial charge in [0.25, 0.3) is 0 Å². The van der Waals surface area contributed by atoms with Crippen LogP contribution >= 0.6 is 0 Å². The van der Waals surface area contributed by atoms with Gasteiger partial charge in [0.05, 0.1) is 31.4 Å². The van der Waals surface area contributed by atoms with Crippen LogP contribution in [0.1, 0.15) is 16.1 Å². The summed E-state index contributed by atoms with van der Waals surface area (Å²) in [6.07, 6.45) is 0. The van der Waals surface area contributed by atoms with E-state index in [2.05, 4.69) is 5.16 Å². The number of nitriles is 1. The number of nitrogens with zero attached hydrogens (tertiary/aromatic N) is 2. The Hall–Kier alpha value is -3.01. The third kappa shape index (κ3) is 2.27. The summed E-state index contributed by atoms with van der Waals surface area (Å²) in [5.41, 5.74) is 0.484. The van der Waals surface area contributed by atoms with Crippen molar-refractivity contribution in [2.75, 3.05) is 14.2 Å². The zero-order chi connectivity index (χ0) is 14.7. The topological polar surface area (TPSA) is 106 Å². The Balaban J connectivity index is 2.64. The smallest absolute Gasteiger partial charge is 0.358 e. The van der Waals surface area contributed by atoms with E-state index in [0.29, 0.717) is 22.6 Å². The summed E-state index contributed by atoms with van der Waals surface area (Å²) < 4.78 is 15.3. The normalized spacial score (nSPS) is 9.85. The molecular weight excluding hydrogens is 264 g/mol. The van der Waals surface area contributed by atoms with E-state index < -0.39 is 5.97 Å². The van der Waals surface area contributed by atoms with Gasteiger partial charge in [0.1, 0.15) is 0 Å². The summed E-state index contributed by atoms with van der Waals surface area (Å²) in [7, 11) is 2.87. The number of methoxy groups -OCH3 is 2. The largest absolute Gasteiger partial charge is 0.493 e. The van der Waals surface area contributed by atoms with E-state index in [1.54, 1.807) is 0 Å². The van der Waals surface area contributed by atoms with Crippen molar-refractivity contribution in [3.8, 4) is 28.9 Å². The van der Waals surface area contributed by atoms with Gasteiger partial charge in [-0.1, -0.05) is 5.16 Å². The highest BCUT2D eigenvalue weighted by molar-refractivity contribution is 5.87. The van der Waals surface area contributed by atoms with Gasteiger partial charge in [0.15, 0.2) is 23.0 Å². The van der Waals surface area contributed by atoms with E-state index in [9.17, 15) is 4.79 Å². The summed E-state index contributed by atoms with van der Waals surface area (Å²) in [6.45, 7) is 0. The number of carboxylic acid groups (broad SMARTS) is 1. The highest BCUT2D eigenvalue weighted by Crippen LogP contribution is 2.39. The maximum absolute atomic E-state index is 10.8. The molecule has 0 aliphatic carbocycles. The van der Waals surface area contributed by atoms with Crippen molar-refractivity contribution in [1.29, 1.82) is 5.26 Å². The maximum Gasteiger partial charge on any atom is 0.358 e. The Morgan fingerprint density at radius 1 is 1.35 bits per heavy atom. The first-order valence-electron chi connectivity index (χ1n) is 5.47. The van der Waals surface area contributed by atoms with Crippen molar-refractivity contribution in [2.45, 2.75) is 0 Å². The first-order valence-corrected chi connectivity index (χ1v) is 5.47. The molecule has 0 saturated heterocycles. The maximum atomic E-state index is 10.8. The molecule has 0 unspecified atom stereocenters. The fourth-order valence-electron chi connectivity index (χ4n) is 1.71. The van der Waals surface area contributed by atoms with E-state index in [1.807, 2.05) is 6.07 Å². The molecule has 0 amide bonds. The van der Waals surface area contributed by atoms with Crippen LogP contribution in [0.5, 0.6) is 11.5 Å². The number of hydrogen-bond acceptors (Lipinski definition) is 6. The lowest BCUT2D eigenvalue weighted by Crippen LogP contribution is -1.95. The van der Waals surface area contributed by atoms with Crippen LogP contribution < -0.4 is 9.47 Å². The number of rotatable bonds is 4. The highest BCUT2D eigenvalue weighted by Gasteiger charge is 2.19. The second-order valence-electron chi connectivity index (χ2n) is 3.75. The zero-order valence-corrected chi connectivity index (χ0v) is 10.7. The molecule has 0 aliphatic heterocycles. The Bertz CT molecular complexity index is 699. The van der Waals surface area contributed by atoms with Crippen molar-refractivity contribution in [3.05, 3.63) is 29.5 Å². The molecule has 7 nitrogen and oxygen atoms in total. The number of ether oxygens (including phenoxy) is 2. The molecule has 102 valence electrons. The van der Waals surface area contributed by atoms with Gasteiger partial charge < -0.3 is 19.1 Å². The molecule has 0 saturated carbocycles. The molecule has 0 fully saturated rings. The second kappa shape index (κ2) is 5.32. The lowest BCUT2D eigenvalue weighted by atomic mass is 10.1. The molecule has 1 heterocycles.